The van der Waals surface area contributed by atoms with E-state index < -0.39 is 0 Å². The largest absolute Gasteiger partial charge is 0.481 e. The van der Waals surface area contributed by atoms with Crippen molar-refractivity contribution in [3.8, 4) is 23.5 Å². The van der Waals surface area contributed by atoms with Crippen molar-refractivity contribution in [3.63, 3.8) is 0 Å². The van der Waals surface area contributed by atoms with Gasteiger partial charge >= 0.3 is 6.01 Å². The van der Waals surface area contributed by atoms with Gasteiger partial charge in [-0.25, -0.2) is 0 Å². The monoisotopic (exact) mass is 281 g/mol. The molecule has 100 valence electrons. The van der Waals surface area contributed by atoms with Crippen molar-refractivity contribution < 1.29 is 14.2 Å². The molecule has 0 saturated carbocycles. The number of hydrogen-bond donors (Lipinski definition) is 1. The number of halogens is 1. The third-order valence-corrected chi connectivity index (χ3v) is 2.59. The normalized spacial score (nSPS) is 10.1. The number of nitrogens with two attached hydrogens (primary N) is 1. The van der Waals surface area contributed by atoms with Gasteiger partial charge in [0.15, 0.2) is 0 Å². The number of hydrogen-bond acceptors (Lipinski definition) is 6. The van der Waals surface area contributed by atoms with Crippen molar-refractivity contribution >= 4 is 17.3 Å². The van der Waals surface area contributed by atoms with E-state index in [4.69, 9.17) is 31.5 Å². The molecule has 0 bridgehead atoms. The summed E-state index contributed by atoms with van der Waals surface area (Å²) in [5.74, 6) is 1.14. The van der Waals surface area contributed by atoms with Crippen LogP contribution in [0.1, 0.15) is 0 Å². The van der Waals surface area contributed by atoms with Crippen LogP contribution in [0.15, 0.2) is 24.3 Å². The Bertz CT molecular complexity index is 570. The van der Waals surface area contributed by atoms with E-state index >= 15 is 0 Å². The minimum atomic E-state index is 0.0945. The molecule has 0 aliphatic carbocycles. The highest BCUT2D eigenvalue weighted by atomic mass is 35.5. The molecule has 1 aromatic carbocycles. The van der Waals surface area contributed by atoms with Gasteiger partial charge < -0.3 is 19.9 Å². The van der Waals surface area contributed by atoms with E-state index in [1.165, 1.54) is 14.2 Å². The fraction of sp³-hybridized carbons (Fsp3) is 0.167. The van der Waals surface area contributed by atoms with Gasteiger partial charge in [0.05, 0.1) is 31.0 Å². The average Bonchev–Trinajstić information content (AvgIpc) is 2.42. The van der Waals surface area contributed by atoms with Gasteiger partial charge in [-0.1, -0.05) is 11.6 Å². The summed E-state index contributed by atoms with van der Waals surface area (Å²) < 4.78 is 15.5. The summed E-state index contributed by atoms with van der Waals surface area (Å²) in [6.07, 6.45) is 0. The highest BCUT2D eigenvalue weighted by Crippen LogP contribution is 2.28. The first-order valence-corrected chi connectivity index (χ1v) is 5.70. The zero-order valence-electron chi connectivity index (χ0n) is 10.4. The van der Waals surface area contributed by atoms with E-state index in [2.05, 4.69) is 9.97 Å². The molecule has 0 aliphatic rings. The lowest BCUT2D eigenvalue weighted by atomic mass is 10.3. The molecule has 0 fully saturated rings. The van der Waals surface area contributed by atoms with Gasteiger partial charge in [-0.3, -0.25) is 0 Å². The maximum Gasteiger partial charge on any atom is 0.328 e. The molecule has 19 heavy (non-hydrogen) atoms. The minimum Gasteiger partial charge on any atom is -0.481 e. The molecule has 0 spiro atoms. The maximum absolute atomic E-state index is 5.90. The van der Waals surface area contributed by atoms with Crippen LogP contribution in [-0.4, -0.2) is 24.2 Å². The van der Waals surface area contributed by atoms with Crippen LogP contribution < -0.4 is 19.9 Å². The topological polar surface area (TPSA) is 79.5 Å². The van der Waals surface area contributed by atoms with Crippen molar-refractivity contribution in [2.45, 2.75) is 0 Å². The summed E-state index contributed by atoms with van der Waals surface area (Å²) in [6.45, 7) is 0. The molecule has 6 nitrogen and oxygen atoms in total. The highest BCUT2D eigenvalue weighted by molar-refractivity contribution is 6.33. The molecule has 2 rings (SSSR count). The summed E-state index contributed by atoms with van der Waals surface area (Å²) in [7, 11) is 2.98. The second-order valence-corrected chi connectivity index (χ2v) is 3.93. The second-order valence-electron chi connectivity index (χ2n) is 3.52. The van der Waals surface area contributed by atoms with Crippen LogP contribution in [0, 0.1) is 0 Å². The van der Waals surface area contributed by atoms with E-state index in [1.807, 2.05) is 0 Å². The lowest BCUT2D eigenvalue weighted by Gasteiger charge is -2.08. The Labute approximate surface area is 115 Å². The summed E-state index contributed by atoms with van der Waals surface area (Å²) in [6, 6.07) is 6.51. The molecule has 7 heteroatoms. The SMILES string of the molecule is COc1cc(OC)nc(Oc2ccc(N)c(Cl)c2)n1. The molecule has 1 aromatic heterocycles. The van der Waals surface area contributed by atoms with Crippen molar-refractivity contribution in [1.82, 2.24) is 9.97 Å². The second kappa shape index (κ2) is 5.62. The number of nitrogens with zero attached hydrogens (tertiary/aromatic N) is 2. The number of rotatable bonds is 4. The van der Waals surface area contributed by atoms with Crippen molar-refractivity contribution in [1.29, 1.82) is 0 Å². The zero-order valence-corrected chi connectivity index (χ0v) is 11.1. The number of nitrogen functional groups attached to an aromatic ring is 1. The molecule has 0 saturated heterocycles. The van der Waals surface area contributed by atoms with Gasteiger partial charge in [-0.15, -0.1) is 0 Å². The molecule has 2 N–H and O–H groups in total. The van der Waals surface area contributed by atoms with E-state index in [0.29, 0.717) is 28.2 Å². The molecule has 0 aliphatic heterocycles. The van der Waals surface area contributed by atoms with Crippen LogP contribution in [0.4, 0.5) is 5.69 Å². The smallest absolute Gasteiger partial charge is 0.328 e. The molecular weight excluding hydrogens is 270 g/mol. The van der Waals surface area contributed by atoms with Crippen molar-refractivity contribution in [3.05, 3.63) is 29.3 Å². The van der Waals surface area contributed by atoms with E-state index in [9.17, 15) is 0 Å². The highest BCUT2D eigenvalue weighted by Gasteiger charge is 2.08. The van der Waals surface area contributed by atoms with E-state index in [-0.39, 0.29) is 6.01 Å². The average molecular weight is 282 g/mol. The Kier molecular flexibility index (Phi) is 3.91. The van der Waals surface area contributed by atoms with Crippen molar-refractivity contribution in [2.24, 2.45) is 0 Å². The van der Waals surface area contributed by atoms with Crippen LogP contribution >= 0.6 is 11.6 Å². The van der Waals surface area contributed by atoms with Gasteiger partial charge in [-0.2, -0.15) is 9.97 Å². The Morgan fingerprint density at radius 1 is 1.05 bits per heavy atom. The van der Waals surface area contributed by atoms with Crippen molar-refractivity contribution in [2.75, 3.05) is 20.0 Å². The summed E-state index contributed by atoms with van der Waals surface area (Å²) in [5.41, 5.74) is 6.09. The number of aromatic nitrogens is 2. The molecule has 0 amide bonds. The van der Waals surface area contributed by atoms with Gasteiger partial charge in [-0.05, 0) is 12.1 Å². The predicted octanol–water partition coefficient (Wildman–Crippen LogP) is 2.52. The van der Waals surface area contributed by atoms with Gasteiger partial charge in [0.2, 0.25) is 11.8 Å². The van der Waals surface area contributed by atoms with E-state index in [0.717, 1.165) is 0 Å². The lowest BCUT2D eigenvalue weighted by Crippen LogP contribution is -1.98. The Morgan fingerprint density at radius 3 is 2.21 bits per heavy atom. The fourth-order valence-corrected chi connectivity index (χ4v) is 1.49. The van der Waals surface area contributed by atoms with Gasteiger partial charge in [0, 0.05) is 6.07 Å². The van der Waals surface area contributed by atoms with Crippen LogP contribution in [-0.2, 0) is 0 Å². The maximum atomic E-state index is 5.90. The third kappa shape index (κ3) is 3.17. The molecule has 0 radical (unpaired) electrons. The van der Waals surface area contributed by atoms with Crippen LogP contribution in [0.3, 0.4) is 0 Å². The van der Waals surface area contributed by atoms with Crippen LogP contribution in [0.25, 0.3) is 0 Å². The molecule has 2 aromatic rings. The Morgan fingerprint density at radius 2 is 1.68 bits per heavy atom. The van der Waals surface area contributed by atoms with E-state index in [1.54, 1.807) is 24.3 Å². The third-order valence-electron chi connectivity index (χ3n) is 2.26. The Balaban J connectivity index is 2.29. The first kappa shape index (κ1) is 13.2. The number of benzene rings is 1. The zero-order chi connectivity index (χ0) is 13.8. The first-order valence-electron chi connectivity index (χ1n) is 5.32. The summed E-state index contributed by atoms with van der Waals surface area (Å²) >= 11 is 5.90. The Hall–Kier alpha value is -2.21. The van der Waals surface area contributed by atoms with Crippen LogP contribution in [0.2, 0.25) is 5.02 Å². The summed E-state index contributed by atoms with van der Waals surface area (Å²) in [5, 5.41) is 0.396. The number of methoxy groups -OCH3 is 2. The first-order chi connectivity index (χ1) is 9.12. The fourth-order valence-electron chi connectivity index (χ4n) is 1.32. The van der Waals surface area contributed by atoms with Gasteiger partial charge in [0.25, 0.3) is 0 Å². The lowest BCUT2D eigenvalue weighted by molar-refractivity contribution is 0.348. The standard InChI is InChI=1S/C12H12ClN3O3/c1-17-10-6-11(18-2)16-12(15-10)19-7-3-4-9(14)8(13)5-7/h3-6H,14H2,1-2H3. The predicted molar refractivity (Wildman–Crippen MR) is 71.1 cm³/mol. The molecule has 1 heterocycles. The molecule has 0 unspecified atom stereocenters. The molecular formula is C12H12ClN3O3. The van der Waals surface area contributed by atoms with Gasteiger partial charge in [0.1, 0.15) is 5.75 Å². The minimum absolute atomic E-state index is 0.0945. The summed E-state index contributed by atoms with van der Waals surface area (Å²) in [4.78, 5) is 8.07. The number of anilines is 1. The number of ether oxygens (including phenoxy) is 3. The van der Waals surface area contributed by atoms with Crippen LogP contribution in [0.5, 0.6) is 23.5 Å². The molecule has 0 atom stereocenters. The quantitative estimate of drug-likeness (QED) is 0.868.